The van der Waals surface area contributed by atoms with Crippen molar-refractivity contribution in [1.82, 2.24) is 0 Å². The third-order valence-corrected chi connectivity index (χ3v) is 1.21. The maximum atomic E-state index is 9.03. The van der Waals surface area contributed by atoms with Gasteiger partial charge in [-0.1, -0.05) is 6.92 Å². The predicted molar refractivity (Wildman–Crippen MR) is 25.7 cm³/mol. The van der Waals surface area contributed by atoms with E-state index in [2.05, 4.69) is 6.92 Å². The molecule has 0 unspecified atom stereocenters. The van der Waals surface area contributed by atoms with E-state index in [9.17, 15) is 0 Å². The van der Waals surface area contributed by atoms with E-state index in [4.69, 9.17) is 9.84 Å². The molecule has 1 heterocycles. The molecule has 1 rings (SSSR count). The van der Waals surface area contributed by atoms with E-state index >= 15 is 0 Å². The van der Waals surface area contributed by atoms with Crippen molar-refractivity contribution >= 4 is 0 Å². The summed E-state index contributed by atoms with van der Waals surface area (Å²) in [7, 11) is 0. The van der Waals surface area contributed by atoms with E-state index in [-0.39, 0.29) is 0 Å². The molecule has 1 aliphatic rings. The molecule has 0 aromatic heterocycles. The Morgan fingerprint density at radius 1 is 1.71 bits per heavy atom. The van der Waals surface area contributed by atoms with Crippen LogP contribution in [0.25, 0.3) is 0 Å². The fraction of sp³-hybridized carbons (Fsp3) is 0.800. The van der Waals surface area contributed by atoms with Crippen LogP contribution in [0.15, 0.2) is 0 Å². The number of ether oxygens (including phenoxy) is 1. The summed E-state index contributed by atoms with van der Waals surface area (Å²) < 4.78 is 4.74. The summed E-state index contributed by atoms with van der Waals surface area (Å²) in [6.07, 6.45) is 0.562. The van der Waals surface area contributed by atoms with Crippen molar-refractivity contribution < 1.29 is 9.84 Å². The number of rotatable bonds is 1. The molecule has 0 aromatic carbocycles. The highest BCUT2D eigenvalue weighted by Gasteiger charge is 2.33. The average molecular weight is 101 g/mol. The zero-order valence-corrected chi connectivity index (χ0v) is 4.18. The lowest BCUT2D eigenvalue weighted by molar-refractivity contribution is -0.175. The summed E-state index contributed by atoms with van der Waals surface area (Å²) in [6, 6.07) is 0. The maximum absolute atomic E-state index is 9.03. The first-order valence-electron chi connectivity index (χ1n) is 2.36. The predicted octanol–water partition coefficient (Wildman–Crippen LogP) is -0.0281. The molecule has 0 saturated carbocycles. The summed E-state index contributed by atoms with van der Waals surface area (Å²) >= 11 is 0. The van der Waals surface area contributed by atoms with Gasteiger partial charge < -0.3 is 9.84 Å². The first kappa shape index (κ1) is 5.06. The molecular formula is C5H9O2. The molecule has 0 aliphatic carbocycles. The first-order valence-corrected chi connectivity index (χ1v) is 2.36. The molecule has 7 heavy (non-hydrogen) atoms. The van der Waals surface area contributed by atoms with Gasteiger partial charge in [-0.15, -0.1) is 0 Å². The zero-order chi connectivity index (χ0) is 5.33. The van der Waals surface area contributed by atoms with Crippen LogP contribution in [0.3, 0.4) is 0 Å². The fourth-order valence-corrected chi connectivity index (χ4v) is 0.482. The highest BCUT2D eigenvalue weighted by Crippen LogP contribution is 2.18. The van der Waals surface area contributed by atoms with Crippen molar-refractivity contribution in [2.45, 2.75) is 12.0 Å². The molecular weight excluding hydrogens is 92.1 g/mol. The Balaban J connectivity index is 2.29. The second-order valence-corrected chi connectivity index (χ2v) is 1.97. The molecule has 1 aliphatic heterocycles. The fourth-order valence-electron chi connectivity index (χ4n) is 0.482. The maximum Gasteiger partial charge on any atom is 0.111 e. The minimum Gasteiger partial charge on any atom is -0.385 e. The van der Waals surface area contributed by atoms with Crippen LogP contribution >= 0.6 is 0 Å². The average Bonchev–Trinajstić information content (AvgIpc) is 1.61. The quantitative estimate of drug-likeness (QED) is 0.502. The van der Waals surface area contributed by atoms with Crippen molar-refractivity contribution in [2.75, 3.05) is 13.2 Å². The largest absolute Gasteiger partial charge is 0.385 e. The Morgan fingerprint density at radius 2 is 2.29 bits per heavy atom. The van der Waals surface area contributed by atoms with Gasteiger partial charge in [0.25, 0.3) is 0 Å². The molecule has 1 radical (unpaired) electrons. The molecule has 0 bridgehead atoms. The molecule has 0 atom stereocenters. The number of aliphatic hydroxyl groups is 1. The summed E-state index contributed by atoms with van der Waals surface area (Å²) in [6.45, 7) is 4.49. The molecule has 1 N–H and O–H groups in total. The Morgan fingerprint density at radius 3 is 2.29 bits per heavy atom. The zero-order valence-electron chi connectivity index (χ0n) is 4.18. The van der Waals surface area contributed by atoms with E-state index in [0.29, 0.717) is 19.6 Å². The van der Waals surface area contributed by atoms with Gasteiger partial charge in [-0.25, -0.2) is 0 Å². The van der Waals surface area contributed by atoms with Gasteiger partial charge in [0, 0.05) is 0 Å². The lowest BCUT2D eigenvalue weighted by Gasteiger charge is -2.34. The molecule has 2 heteroatoms. The Kier molecular flexibility index (Phi) is 1.05. The van der Waals surface area contributed by atoms with Crippen LogP contribution < -0.4 is 0 Å². The topological polar surface area (TPSA) is 29.5 Å². The number of hydrogen-bond donors (Lipinski definition) is 1. The van der Waals surface area contributed by atoms with E-state index in [0.717, 1.165) is 0 Å². The van der Waals surface area contributed by atoms with Gasteiger partial charge in [0.1, 0.15) is 5.60 Å². The normalized spacial score (nSPS) is 26.6. The SMILES string of the molecule is [CH2]CC1(O)COC1. The number of hydrogen-bond acceptors (Lipinski definition) is 2. The van der Waals surface area contributed by atoms with E-state index < -0.39 is 5.60 Å². The van der Waals surface area contributed by atoms with Gasteiger partial charge >= 0.3 is 0 Å². The lowest BCUT2D eigenvalue weighted by Crippen LogP contribution is -2.48. The van der Waals surface area contributed by atoms with Crippen LogP contribution in [-0.4, -0.2) is 23.9 Å². The Labute approximate surface area is 43.1 Å². The standard InChI is InChI=1S/C5H9O2/c1-2-5(6)3-7-4-5/h6H,1-4H2. The van der Waals surface area contributed by atoms with Crippen molar-refractivity contribution in [2.24, 2.45) is 0 Å². The Bertz CT molecular complexity index is 61.0. The van der Waals surface area contributed by atoms with Crippen molar-refractivity contribution in [3.05, 3.63) is 6.92 Å². The second-order valence-electron chi connectivity index (χ2n) is 1.97. The van der Waals surface area contributed by atoms with Gasteiger partial charge in [0.15, 0.2) is 0 Å². The second kappa shape index (κ2) is 1.46. The van der Waals surface area contributed by atoms with Crippen LogP contribution in [0.5, 0.6) is 0 Å². The highest BCUT2D eigenvalue weighted by atomic mass is 16.5. The summed E-state index contributed by atoms with van der Waals surface area (Å²) in [5.41, 5.74) is -0.569. The summed E-state index contributed by atoms with van der Waals surface area (Å²) in [4.78, 5) is 0. The minimum absolute atomic E-state index is 0.469. The molecule has 0 aromatic rings. The molecule has 0 amide bonds. The highest BCUT2D eigenvalue weighted by molar-refractivity contribution is 4.85. The van der Waals surface area contributed by atoms with E-state index in [1.54, 1.807) is 0 Å². The van der Waals surface area contributed by atoms with Crippen molar-refractivity contribution in [3.63, 3.8) is 0 Å². The van der Waals surface area contributed by atoms with Gasteiger partial charge in [-0.05, 0) is 6.42 Å². The Hall–Kier alpha value is -0.0800. The van der Waals surface area contributed by atoms with Gasteiger partial charge in [-0.3, -0.25) is 0 Å². The van der Waals surface area contributed by atoms with Crippen LogP contribution in [0.2, 0.25) is 0 Å². The molecule has 0 spiro atoms. The molecule has 2 nitrogen and oxygen atoms in total. The third-order valence-electron chi connectivity index (χ3n) is 1.21. The summed E-state index contributed by atoms with van der Waals surface area (Å²) in [5.74, 6) is 0. The van der Waals surface area contributed by atoms with Crippen LogP contribution in [0, 0.1) is 6.92 Å². The molecule has 1 saturated heterocycles. The van der Waals surface area contributed by atoms with E-state index in [1.165, 1.54) is 0 Å². The van der Waals surface area contributed by atoms with Crippen molar-refractivity contribution in [1.29, 1.82) is 0 Å². The van der Waals surface area contributed by atoms with E-state index in [1.807, 2.05) is 0 Å². The monoisotopic (exact) mass is 101 g/mol. The van der Waals surface area contributed by atoms with Gasteiger partial charge in [0.2, 0.25) is 0 Å². The minimum atomic E-state index is -0.569. The molecule has 41 valence electrons. The lowest BCUT2D eigenvalue weighted by atomic mass is 10.00. The third kappa shape index (κ3) is 0.763. The smallest absolute Gasteiger partial charge is 0.111 e. The van der Waals surface area contributed by atoms with Crippen molar-refractivity contribution in [3.8, 4) is 0 Å². The summed E-state index contributed by atoms with van der Waals surface area (Å²) in [5, 5.41) is 9.03. The van der Waals surface area contributed by atoms with Gasteiger partial charge in [0.05, 0.1) is 13.2 Å². The van der Waals surface area contributed by atoms with Crippen LogP contribution in [0.1, 0.15) is 6.42 Å². The van der Waals surface area contributed by atoms with Crippen LogP contribution in [0.4, 0.5) is 0 Å². The van der Waals surface area contributed by atoms with Crippen LogP contribution in [-0.2, 0) is 4.74 Å². The first-order chi connectivity index (χ1) is 3.27. The van der Waals surface area contributed by atoms with Gasteiger partial charge in [-0.2, -0.15) is 0 Å². The molecule has 1 fully saturated rings.